The Bertz CT molecular complexity index is 782. The van der Waals surface area contributed by atoms with E-state index in [0.29, 0.717) is 12.3 Å². The number of ether oxygens (including phenoxy) is 1. The molecule has 0 amide bonds. The van der Waals surface area contributed by atoms with Gasteiger partial charge in [-0.1, -0.05) is 12.5 Å². The van der Waals surface area contributed by atoms with Gasteiger partial charge in [-0.15, -0.1) is 0 Å². The summed E-state index contributed by atoms with van der Waals surface area (Å²) in [4.78, 5) is 6.88. The second-order valence-electron chi connectivity index (χ2n) is 7.75. The fraction of sp³-hybridized carbons (Fsp3) is 0.571. The largest absolute Gasteiger partial charge is 0.441 e. The molecule has 1 aliphatic carbocycles. The quantitative estimate of drug-likeness (QED) is 0.702. The molecule has 1 unspecified atom stereocenters. The van der Waals surface area contributed by atoms with E-state index in [1.807, 2.05) is 6.92 Å². The number of halogens is 2. The van der Waals surface area contributed by atoms with Gasteiger partial charge in [0.1, 0.15) is 5.76 Å². The molecular formula is C21H26F2N2O2. The maximum absolute atomic E-state index is 14.1. The normalized spacial score (nSPS) is 20.4. The maximum atomic E-state index is 14.1. The van der Waals surface area contributed by atoms with E-state index in [9.17, 15) is 8.78 Å². The summed E-state index contributed by atoms with van der Waals surface area (Å²) < 4.78 is 39.1. The van der Waals surface area contributed by atoms with Gasteiger partial charge in [0.25, 0.3) is 0 Å². The number of hydrogen-bond acceptors (Lipinski definition) is 4. The van der Waals surface area contributed by atoms with Crippen LogP contribution in [-0.2, 0) is 11.3 Å². The van der Waals surface area contributed by atoms with Crippen LogP contribution < -0.4 is 0 Å². The minimum Gasteiger partial charge on any atom is -0.441 e. The average molecular weight is 376 g/mol. The van der Waals surface area contributed by atoms with E-state index in [2.05, 4.69) is 9.88 Å². The molecule has 1 saturated carbocycles. The van der Waals surface area contributed by atoms with Crippen LogP contribution in [0, 0.1) is 24.5 Å². The molecule has 1 aromatic carbocycles. The van der Waals surface area contributed by atoms with Gasteiger partial charge in [-0.05, 0) is 50.7 Å². The number of aryl methyl sites for hydroxylation is 1. The number of benzene rings is 1. The number of oxazole rings is 1. The minimum absolute atomic E-state index is 0.0639. The molecule has 2 aliphatic rings. The van der Waals surface area contributed by atoms with Gasteiger partial charge >= 0.3 is 0 Å². The Morgan fingerprint density at radius 2 is 2.00 bits per heavy atom. The third kappa shape index (κ3) is 4.22. The van der Waals surface area contributed by atoms with E-state index in [-0.39, 0.29) is 17.6 Å². The van der Waals surface area contributed by atoms with E-state index in [1.165, 1.54) is 31.4 Å². The molecule has 0 radical (unpaired) electrons. The highest BCUT2D eigenvalue weighted by Crippen LogP contribution is 2.30. The van der Waals surface area contributed by atoms with Crippen molar-refractivity contribution < 1.29 is 17.9 Å². The lowest BCUT2D eigenvalue weighted by Gasteiger charge is -2.33. The molecule has 2 fully saturated rings. The second kappa shape index (κ2) is 8.07. The third-order valence-electron chi connectivity index (χ3n) is 5.68. The summed E-state index contributed by atoms with van der Waals surface area (Å²) in [7, 11) is 0. The van der Waals surface area contributed by atoms with Crippen molar-refractivity contribution in [3.05, 3.63) is 41.3 Å². The Hall–Kier alpha value is -1.79. The molecule has 0 N–H and O–H groups in total. The lowest BCUT2D eigenvalue weighted by atomic mass is 9.85. The van der Waals surface area contributed by atoms with Crippen molar-refractivity contribution in [1.29, 1.82) is 0 Å². The third-order valence-corrected chi connectivity index (χ3v) is 5.68. The van der Waals surface area contributed by atoms with Gasteiger partial charge in [-0.25, -0.2) is 13.8 Å². The molecule has 1 aliphatic heterocycles. The molecule has 1 atom stereocenters. The van der Waals surface area contributed by atoms with Crippen molar-refractivity contribution in [3.8, 4) is 11.5 Å². The molecular weight excluding hydrogens is 350 g/mol. The van der Waals surface area contributed by atoms with Crippen LogP contribution in [-0.4, -0.2) is 35.7 Å². The monoisotopic (exact) mass is 376 g/mol. The molecule has 1 saturated heterocycles. The Morgan fingerprint density at radius 3 is 2.70 bits per heavy atom. The van der Waals surface area contributed by atoms with Crippen LogP contribution in [0.1, 0.15) is 43.6 Å². The molecule has 27 heavy (non-hydrogen) atoms. The number of nitrogens with zero attached hydrogens (tertiary/aromatic N) is 2. The molecule has 146 valence electrons. The Labute approximate surface area is 158 Å². The minimum atomic E-state index is -0.920. The van der Waals surface area contributed by atoms with E-state index in [0.717, 1.165) is 50.2 Å². The topological polar surface area (TPSA) is 38.5 Å². The first kappa shape index (κ1) is 18.6. The lowest BCUT2D eigenvalue weighted by Crippen LogP contribution is -2.37. The Morgan fingerprint density at radius 1 is 1.15 bits per heavy atom. The predicted molar refractivity (Wildman–Crippen MR) is 98.2 cm³/mol. The standard InChI is InChI=1S/C21H26F2N2O2/c1-14-19(24-21(27-14)17-8-3-9-18(22)20(17)23)13-25(11-15-5-2-6-15)12-16-7-4-10-26-16/h3,8-9,15-16H,2,4-7,10-13H2,1H3. The molecule has 2 aromatic rings. The van der Waals surface area contributed by atoms with Crippen LogP contribution in [0.15, 0.2) is 22.6 Å². The van der Waals surface area contributed by atoms with Gasteiger partial charge < -0.3 is 9.15 Å². The van der Waals surface area contributed by atoms with Gasteiger partial charge in [-0.3, -0.25) is 4.90 Å². The zero-order chi connectivity index (χ0) is 18.8. The van der Waals surface area contributed by atoms with Crippen molar-refractivity contribution in [1.82, 2.24) is 9.88 Å². The SMILES string of the molecule is Cc1oc(-c2cccc(F)c2F)nc1CN(CC1CCC1)CC1CCCO1. The zero-order valence-corrected chi connectivity index (χ0v) is 15.7. The smallest absolute Gasteiger partial charge is 0.229 e. The molecule has 4 rings (SSSR count). The van der Waals surface area contributed by atoms with Gasteiger partial charge in [0.15, 0.2) is 11.6 Å². The summed E-state index contributed by atoms with van der Waals surface area (Å²) in [5.74, 6) is -0.288. The molecule has 4 nitrogen and oxygen atoms in total. The van der Waals surface area contributed by atoms with Crippen molar-refractivity contribution >= 4 is 0 Å². The highest BCUT2D eigenvalue weighted by molar-refractivity contribution is 5.54. The second-order valence-corrected chi connectivity index (χ2v) is 7.75. The van der Waals surface area contributed by atoms with Crippen molar-refractivity contribution in [2.75, 3.05) is 19.7 Å². The number of rotatable bonds is 7. The van der Waals surface area contributed by atoms with Gasteiger partial charge in [0.05, 0.1) is 17.4 Å². The summed E-state index contributed by atoms with van der Waals surface area (Å²) in [5, 5.41) is 0. The summed E-state index contributed by atoms with van der Waals surface area (Å²) >= 11 is 0. The first-order valence-electron chi connectivity index (χ1n) is 9.85. The molecule has 0 spiro atoms. The van der Waals surface area contributed by atoms with E-state index in [1.54, 1.807) is 0 Å². The van der Waals surface area contributed by atoms with Crippen molar-refractivity contribution in [2.24, 2.45) is 5.92 Å². The molecule has 6 heteroatoms. The molecule has 1 aromatic heterocycles. The first-order valence-corrected chi connectivity index (χ1v) is 9.85. The maximum Gasteiger partial charge on any atom is 0.229 e. The van der Waals surface area contributed by atoms with Crippen LogP contribution in [0.3, 0.4) is 0 Å². The van der Waals surface area contributed by atoms with Crippen LogP contribution >= 0.6 is 0 Å². The first-order chi connectivity index (χ1) is 13.1. The fourth-order valence-electron chi connectivity index (χ4n) is 3.89. The Kier molecular flexibility index (Phi) is 5.55. The zero-order valence-electron chi connectivity index (χ0n) is 15.7. The number of hydrogen-bond donors (Lipinski definition) is 0. The predicted octanol–water partition coefficient (Wildman–Crippen LogP) is 4.71. The van der Waals surface area contributed by atoms with E-state index >= 15 is 0 Å². The number of aromatic nitrogens is 1. The van der Waals surface area contributed by atoms with Crippen LogP contribution in [0.25, 0.3) is 11.5 Å². The van der Waals surface area contributed by atoms with E-state index in [4.69, 9.17) is 9.15 Å². The van der Waals surface area contributed by atoms with Crippen LogP contribution in [0.2, 0.25) is 0 Å². The summed E-state index contributed by atoms with van der Waals surface area (Å²) in [6, 6.07) is 4.05. The fourth-order valence-corrected chi connectivity index (χ4v) is 3.89. The molecule has 0 bridgehead atoms. The lowest BCUT2D eigenvalue weighted by molar-refractivity contribution is 0.0574. The summed E-state index contributed by atoms with van der Waals surface area (Å²) in [6.07, 6.45) is 6.35. The van der Waals surface area contributed by atoms with Gasteiger partial charge in [0.2, 0.25) is 5.89 Å². The van der Waals surface area contributed by atoms with E-state index < -0.39 is 11.6 Å². The van der Waals surface area contributed by atoms with Crippen molar-refractivity contribution in [2.45, 2.75) is 51.7 Å². The highest BCUT2D eigenvalue weighted by Gasteiger charge is 2.26. The summed E-state index contributed by atoms with van der Waals surface area (Å²) in [5.41, 5.74) is 0.847. The van der Waals surface area contributed by atoms with Crippen LogP contribution in [0.4, 0.5) is 8.78 Å². The van der Waals surface area contributed by atoms with Gasteiger partial charge in [0, 0.05) is 26.2 Å². The van der Waals surface area contributed by atoms with Crippen LogP contribution in [0.5, 0.6) is 0 Å². The van der Waals surface area contributed by atoms with Crippen molar-refractivity contribution in [3.63, 3.8) is 0 Å². The molecule has 2 heterocycles. The average Bonchev–Trinajstić information content (AvgIpc) is 3.24. The van der Waals surface area contributed by atoms with Gasteiger partial charge in [-0.2, -0.15) is 0 Å². The summed E-state index contributed by atoms with van der Waals surface area (Å²) in [6.45, 7) is 5.22. The highest BCUT2D eigenvalue weighted by atomic mass is 19.2. The Balaban J connectivity index is 1.51.